The van der Waals surface area contributed by atoms with Gasteiger partial charge in [0.1, 0.15) is 5.76 Å². The van der Waals surface area contributed by atoms with Crippen LogP contribution in [-0.4, -0.2) is 48.1 Å². The van der Waals surface area contributed by atoms with Gasteiger partial charge in [0.15, 0.2) is 5.96 Å². The van der Waals surface area contributed by atoms with Gasteiger partial charge in [0.25, 0.3) is 0 Å². The molecule has 1 fully saturated rings. The highest BCUT2D eigenvalue weighted by Gasteiger charge is 2.19. The monoisotopic (exact) mass is 477 g/mol. The summed E-state index contributed by atoms with van der Waals surface area (Å²) in [6, 6.07) is 0. The predicted octanol–water partition coefficient (Wildman–Crippen LogP) is 2.49. The third kappa shape index (κ3) is 6.44. The van der Waals surface area contributed by atoms with E-state index in [9.17, 15) is 4.79 Å². The van der Waals surface area contributed by atoms with Gasteiger partial charge in [0.2, 0.25) is 5.91 Å². The highest BCUT2D eigenvalue weighted by Crippen LogP contribution is 2.16. The molecule has 0 saturated carbocycles. The van der Waals surface area contributed by atoms with E-state index < -0.39 is 0 Å². The Kier molecular flexibility index (Phi) is 10.6. The molecule has 2 rings (SSSR count). The average Bonchev–Trinajstić information content (AvgIpc) is 3.21. The molecule has 2 heterocycles. The van der Waals surface area contributed by atoms with Gasteiger partial charge in [0.05, 0.1) is 12.2 Å². The maximum atomic E-state index is 11.6. The molecule has 1 aromatic rings. The Morgan fingerprint density at radius 3 is 2.69 bits per heavy atom. The van der Waals surface area contributed by atoms with Crippen LogP contribution in [0.15, 0.2) is 9.52 Å². The molecule has 1 aromatic heterocycles. The van der Waals surface area contributed by atoms with Gasteiger partial charge >= 0.3 is 0 Å². The van der Waals surface area contributed by atoms with Crippen LogP contribution in [0.2, 0.25) is 0 Å². The molecule has 1 saturated heterocycles. The zero-order valence-corrected chi connectivity index (χ0v) is 18.5. The highest BCUT2D eigenvalue weighted by atomic mass is 127. The van der Waals surface area contributed by atoms with E-state index in [2.05, 4.69) is 41.6 Å². The van der Waals surface area contributed by atoms with Crippen molar-refractivity contribution in [1.29, 1.82) is 0 Å². The Morgan fingerprint density at radius 2 is 2.08 bits per heavy atom. The van der Waals surface area contributed by atoms with Gasteiger partial charge in [-0.3, -0.25) is 4.79 Å². The second-order valence-corrected chi connectivity index (χ2v) is 6.20. The topological polar surface area (TPSA) is 82.8 Å². The Balaban J connectivity index is 0.00000338. The molecule has 0 radical (unpaired) electrons. The molecule has 1 aliphatic rings. The second kappa shape index (κ2) is 12.1. The minimum absolute atomic E-state index is 0. The van der Waals surface area contributed by atoms with Crippen molar-refractivity contribution < 1.29 is 9.32 Å². The van der Waals surface area contributed by atoms with Crippen molar-refractivity contribution in [3.05, 3.63) is 17.0 Å². The smallest absolute Gasteiger partial charge is 0.222 e. The molecule has 0 unspecified atom stereocenters. The van der Waals surface area contributed by atoms with E-state index in [4.69, 9.17) is 4.52 Å². The van der Waals surface area contributed by atoms with E-state index in [1.165, 1.54) is 0 Å². The zero-order chi connectivity index (χ0) is 18.1. The number of hydrogen-bond acceptors (Lipinski definition) is 4. The molecule has 0 aromatic carbocycles. The summed E-state index contributed by atoms with van der Waals surface area (Å²) in [5, 5.41) is 10.7. The van der Waals surface area contributed by atoms with Crippen molar-refractivity contribution in [2.45, 2.75) is 59.4 Å². The standard InChI is InChI=1S/C18H31N5O2.HI/c1-4-15-14(16(5-2)25-22-15)13-21-18(19-6-3)20-10-8-12-23-11-7-9-17(23)24;/h4-13H2,1-3H3,(H2,19,20,21);1H. The Morgan fingerprint density at radius 1 is 1.27 bits per heavy atom. The summed E-state index contributed by atoms with van der Waals surface area (Å²) in [5.41, 5.74) is 2.09. The minimum Gasteiger partial charge on any atom is -0.361 e. The third-order valence-corrected chi connectivity index (χ3v) is 4.42. The van der Waals surface area contributed by atoms with Crippen LogP contribution in [0.3, 0.4) is 0 Å². The van der Waals surface area contributed by atoms with Crippen LogP contribution < -0.4 is 10.6 Å². The van der Waals surface area contributed by atoms with Crippen LogP contribution in [0, 0.1) is 0 Å². The highest BCUT2D eigenvalue weighted by molar-refractivity contribution is 14.0. The lowest BCUT2D eigenvalue weighted by Crippen LogP contribution is -2.39. The summed E-state index contributed by atoms with van der Waals surface area (Å²) in [6.07, 6.45) is 4.29. The number of rotatable bonds is 9. The summed E-state index contributed by atoms with van der Waals surface area (Å²) in [4.78, 5) is 18.2. The summed E-state index contributed by atoms with van der Waals surface area (Å²) in [5.74, 6) is 2.00. The van der Waals surface area contributed by atoms with Crippen molar-refractivity contribution >= 4 is 35.8 Å². The zero-order valence-electron chi connectivity index (χ0n) is 16.1. The van der Waals surface area contributed by atoms with Crippen LogP contribution in [0.4, 0.5) is 0 Å². The van der Waals surface area contributed by atoms with Crippen molar-refractivity contribution in [3.8, 4) is 0 Å². The van der Waals surface area contributed by atoms with E-state index in [-0.39, 0.29) is 29.9 Å². The first-order valence-electron chi connectivity index (χ1n) is 9.45. The number of nitrogens with one attached hydrogen (secondary N) is 2. The Bertz CT molecular complexity index is 567. The molecule has 0 atom stereocenters. The molecule has 8 heteroatoms. The average molecular weight is 477 g/mol. The van der Waals surface area contributed by atoms with E-state index in [0.29, 0.717) is 13.0 Å². The maximum absolute atomic E-state index is 11.6. The third-order valence-electron chi connectivity index (χ3n) is 4.42. The van der Waals surface area contributed by atoms with Crippen LogP contribution in [0.1, 0.15) is 57.1 Å². The number of nitrogens with zero attached hydrogens (tertiary/aromatic N) is 3. The first kappa shape index (κ1) is 22.7. The number of hydrogen-bond donors (Lipinski definition) is 2. The quantitative estimate of drug-likeness (QED) is 0.247. The Labute approximate surface area is 173 Å². The van der Waals surface area contributed by atoms with Crippen LogP contribution in [0.5, 0.6) is 0 Å². The van der Waals surface area contributed by atoms with E-state index in [1.54, 1.807) is 0 Å². The number of carbonyl (C=O) groups excluding carboxylic acids is 1. The fourth-order valence-electron chi connectivity index (χ4n) is 3.03. The van der Waals surface area contributed by atoms with Crippen molar-refractivity contribution in [3.63, 3.8) is 0 Å². The maximum Gasteiger partial charge on any atom is 0.222 e. The molecule has 1 amide bonds. The lowest BCUT2D eigenvalue weighted by atomic mass is 10.1. The number of aryl methyl sites for hydroxylation is 2. The van der Waals surface area contributed by atoms with Gasteiger partial charge in [-0.2, -0.15) is 0 Å². The summed E-state index contributed by atoms with van der Waals surface area (Å²) >= 11 is 0. The molecule has 0 aliphatic carbocycles. The Hall–Kier alpha value is -1.32. The molecule has 26 heavy (non-hydrogen) atoms. The molecule has 0 bridgehead atoms. The first-order chi connectivity index (χ1) is 12.2. The number of guanidine groups is 1. The number of amides is 1. The number of aromatic nitrogens is 1. The van der Waals surface area contributed by atoms with Crippen LogP contribution in [0.25, 0.3) is 0 Å². The second-order valence-electron chi connectivity index (χ2n) is 6.20. The number of carbonyl (C=O) groups is 1. The molecule has 148 valence electrons. The molecular weight excluding hydrogens is 445 g/mol. The largest absolute Gasteiger partial charge is 0.361 e. The summed E-state index contributed by atoms with van der Waals surface area (Å²) in [7, 11) is 0. The predicted molar refractivity (Wildman–Crippen MR) is 114 cm³/mol. The lowest BCUT2D eigenvalue weighted by molar-refractivity contribution is -0.127. The van der Waals surface area contributed by atoms with E-state index >= 15 is 0 Å². The fraction of sp³-hybridized carbons (Fsp3) is 0.722. The number of aliphatic imine (C=N–C) groups is 1. The van der Waals surface area contributed by atoms with Crippen molar-refractivity contribution in [2.75, 3.05) is 26.2 Å². The molecule has 7 nitrogen and oxygen atoms in total. The SMILES string of the molecule is CCNC(=NCc1c(CC)noc1CC)NCCCN1CCCC1=O.I. The van der Waals surface area contributed by atoms with Crippen molar-refractivity contribution in [1.82, 2.24) is 20.7 Å². The van der Waals surface area contributed by atoms with Crippen LogP contribution in [-0.2, 0) is 24.2 Å². The van der Waals surface area contributed by atoms with Gasteiger partial charge in [-0.1, -0.05) is 19.0 Å². The minimum atomic E-state index is 0. The van der Waals surface area contributed by atoms with E-state index in [0.717, 1.165) is 74.8 Å². The van der Waals surface area contributed by atoms with Gasteiger partial charge in [-0.15, -0.1) is 24.0 Å². The van der Waals surface area contributed by atoms with Gasteiger partial charge in [0, 0.05) is 44.6 Å². The summed E-state index contributed by atoms with van der Waals surface area (Å²) < 4.78 is 5.40. The number of halogens is 1. The van der Waals surface area contributed by atoms with Crippen LogP contribution >= 0.6 is 24.0 Å². The molecule has 0 spiro atoms. The first-order valence-corrected chi connectivity index (χ1v) is 9.45. The molecule has 2 N–H and O–H groups in total. The van der Waals surface area contributed by atoms with Crippen molar-refractivity contribution in [2.24, 2.45) is 4.99 Å². The van der Waals surface area contributed by atoms with Gasteiger partial charge < -0.3 is 20.1 Å². The lowest BCUT2D eigenvalue weighted by Gasteiger charge is -2.16. The molecule has 1 aliphatic heterocycles. The van der Waals surface area contributed by atoms with Gasteiger partial charge in [-0.25, -0.2) is 4.99 Å². The normalized spacial score (nSPS) is 14.5. The number of likely N-dealkylation sites (tertiary alicyclic amines) is 1. The fourth-order valence-corrected chi connectivity index (χ4v) is 3.03. The van der Waals surface area contributed by atoms with Gasteiger partial charge in [-0.05, 0) is 26.2 Å². The summed E-state index contributed by atoms with van der Waals surface area (Å²) in [6.45, 7) is 10.1. The molecular formula is C18H32IN5O2. The van der Waals surface area contributed by atoms with E-state index in [1.807, 2.05) is 4.90 Å².